The molecule has 0 radical (unpaired) electrons. The average molecular weight is 240 g/mol. The number of ether oxygens (including phenoxy) is 1. The molecule has 88 valence electrons. The zero-order chi connectivity index (χ0) is 11.5. The minimum absolute atomic E-state index is 0.258. The molecule has 2 rings (SSSR count). The minimum Gasteiger partial charge on any atom is -0.488 e. The molecule has 2 nitrogen and oxygen atoms in total. The van der Waals surface area contributed by atoms with Gasteiger partial charge in [-0.3, -0.25) is 0 Å². The fourth-order valence-electron chi connectivity index (χ4n) is 1.94. The largest absolute Gasteiger partial charge is 0.488 e. The molecule has 0 bridgehead atoms. The van der Waals surface area contributed by atoms with E-state index in [9.17, 15) is 0 Å². The van der Waals surface area contributed by atoms with Crippen molar-refractivity contribution < 1.29 is 4.74 Å². The highest BCUT2D eigenvalue weighted by Crippen LogP contribution is 2.29. The fraction of sp³-hybridized carbons (Fsp3) is 0.538. The maximum atomic E-state index is 6.18. The summed E-state index contributed by atoms with van der Waals surface area (Å²) in [6, 6.07) is 4.01. The van der Waals surface area contributed by atoms with Gasteiger partial charge in [-0.05, 0) is 56.5 Å². The first-order valence-corrected chi connectivity index (χ1v) is 6.19. The van der Waals surface area contributed by atoms with Crippen molar-refractivity contribution in [3.05, 3.63) is 28.3 Å². The quantitative estimate of drug-likeness (QED) is 0.857. The highest BCUT2D eigenvalue weighted by Gasteiger charge is 2.16. The molecule has 1 heterocycles. The van der Waals surface area contributed by atoms with Gasteiger partial charge in [0.1, 0.15) is 11.9 Å². The second kappa shape index (κ2) is 5.07. The second-order valence-corrected chi connectivity index (χ2v) is 4.86. The molecule has 1 fully saturated rings. The number of aryl methyl sites for hydroxylation is 2. The molecule has 1 saturated heterocycles. The summed E-state index contributed by atoms with van der Waals surface area (Å²) in [7, 11) is 0. The first-order chi connectivity index (χ1) is 7.66. The second-order valence-electron chi connectivity index (χ2n) is 4.45. The van der Waals surface area contributed by atoms with E-state index in [0.717, 1.165) is 25.3 Å². The molecule has 1 atom stereocenters. The van der Waals surface area contributed by atoms with Gasteiger partial charge in [0.05, 0.1) is 5.02 Å². The van der Waals surface area contributed by atoms with Crippen LogP contribution in [0, 0.1) is 13.8 Å². The Morgan fingerprint density at radius 3 is 2.75 bits per heavy atom. The van der Waals surface area contributed by atoms with Gasteiger partial charge in [0, 0.05) is 6.54 Å². The van der Waals surface area contributed by atoms with Gasteiger partial charge < -0.3 is 10.1 Å². The van der Waals surface area contributed by atoms with Crippen molar-refractivity contribution in [1.29, 1.82) is 0 Å². The van der Waals surface area contributed by atoms with E-state index in [1.54, 1.807) is 0 Å². The molecule has 0 aromatic heterocycles. The number of piperidine rings is 1. The van der Waals surface area contributed by atoms with Crippen LogP contribution in [0.1, 0.15) is 24.0 Å². The zero-order valence-electron chi connectivity index (χ0n) is 9.85. The Hall–Kier alpha value is -0.730. The van der Waals surface area contributed by atoms with Crippen molar-refractivity contribution in [3.8, 4) is 5.75 Å². The van der Waals surface area contributed by atoms with Crippen LogP contribution >= 0.6 is 11.6 Å². The highest BCUT2D eigenvalue weighted by molar-refractivity contribution is 6.32. The monoisotopic (exact) mass is 239 g/mol. The number of benzene rings is 1. The number of halogens is 1. The third-order valence-electron chi connectivity index (χ3n) is 3.09. The van der Waals surface area contributed by atoms with E-state index in [1.807, 2.05) is 12.1 Å². The number of nitrogens with one attached hydrogen (secondary N) is 1. The molecule has 1 aromatic rings. The molecule has 0 amide bonds. The van der Waals surface area contributed by atoms with Crippen LogP contribution < -0.4 is 10.1 Å². The molecule has 1 unspecified atom stereocenters. The van der Waals surface area contributed by atoms with E-state index in [2.05, 4.69) is 19.2 Å². The SMILES string of the molecule is Cc1cc(Cl)c(OC2CCCNC2)cc1C. The molecule has 3 heteroatoms. The van der Waals surface area contributed by atoms with Gasteiger partial charge in [-0.1, -0.05) is 11.6 Å². The highest BCUT2D eigenvalue weighted by atomic mass is 35.5. The fourth-order valence-corrected chi connectivity index (χ4v) is 2.21. The van der Waals surface area contributed by atoms with Gasteiger partial charge in [0.15, 0.2) is 0 Å². The van der Waals surface area contributed by atoms with Crippen LogP contribution in [0.25, 0.3) is 0 Å². The summed E-state index contributed by atoms with van der Waals surface area (Å²) < 4.78 is 5.93. The Morgan fingerprint density at radius 2 is 2.06 bits per heavy atom. The van der Waals surface area contributed by atoms with Crippen molar-refractivity contribution in [2.75, 3.05) is 13.1 Å². The zero-order valence-corrected chi connectivity index (χ0v) is 10.6. The lowest BCUT2D eigenvalue weighted by Gasteiger charge is -2.24. The molecule has 16 heavy (non-hydrogen) atoms. The van der Waals surface area contributed by atoms with Crippen LogP contribution in [-0.4, -0.2) is 19.2 Å². The Bertz CT molecular complexity index is 372. The van der Waals surface area contributed by atoms with E-state index in [4.69, 9.17) is 16.3 Å². The lowest BCUT2D eigenvalue weighted by atomic mass is 10.1. The predicted molar refractivity (Wildman–Crippen MR) is 67.4 cm³/mol. The Morgan fingerprint density at radius 1 is 1.31 bits per heavy atom. The number of rotatable bonds is 2. The van der Waals surface area contributed by atoms with Crippen molar-refractivity contribution >= 4 is 11.6 Å². The molecule has 0 saturated carbocycles. The van der Waals surface area contributed by atoms with E-state index < -0.39 is 0 Å². The third-order valence-corrected chi connectivity index (χ3v) is 3.39. The average Bonchev–Trinajstić information content (AvgIpc) is 2.27. The smallest absolute Gasteiger partial charge is 0.138 e. The van der Waals surface area contributed by atoms with Crippen LogP contribution in [0.2, 0.25) is 5.02 Å². The van der Waals surface area contributed by atoms with Crippen LogP contribution in [0.15, 0.2) is 12.1 Å². The van der Waals surface area contributed by atoms with Crippen LogP contribution in [0.3, 0.4) is 0 Å². The van der Waals surface area contributed by atoms with Gasteiger partial charge in [-0.25, -0.2) is 0 Å². The van der Waals surface area contributed by atoms with Crippen LogP contribution in [0.5, 0.6) is 5.75 Å². The lowest BCUT2D eigenvalue weighted by Crippen LogP contribution is -2.37. The number of hydrogen-bond donors (Lipinski definition) is 1. The molecule has 1 N–H and O–H groups in total. The van der Waals surface area contributed by atoms with Gasteiger partial charge in [-0.2, -0.15) is 0 Å². The summed E-state index contributed by atoms with van der Waals surface area (Å²) in [6.07, 6.45) is 2.54. The van der Waals surface area contributed by atoms with Gasteiger partial charge >= 0.3 is 0 Å². The third kappa shape index (κ3) is 2.69. The molecule has 1 aliphatic rings. The standard InChI is InChI=1S/C13H18ClNO/c1-9-6-12(14)13(7-10(9)2)16-11-4-3-5-15-8-11/h6-7,11,15H,3-5,8H2,1-2H3. The predicted octanol–water partition coefficient (Wildman–Crippen LogP) is 3.09. The summed E-state index contributed by atoms with van der Waals surface area (Å²) in [5, 5.41) is 4.05. The molecule has 1 aromatic carbocycles. The van der Waals surface area contributed by atoms with Crippen LogP contribution in [0.4, 0.5) is 0 Å². The van der Waals surface area contributed by atoms with Crippen molar-refractivity contribution in [3.63, 3.8) is 0 Å². The Labute approximate surface area is 102 Å². The van der Waals surface area contributed by atoms with E-state index in [1.165, 1.54) is 17.5 Å². The lowest BCUT2D eigenvalue weighted by molar-refractivity contribution is 0.167. The molecule has 0 spiro atoms. The topological polar surface area (TPSA) is 21.3 Å². The van der Waals surface area contributed by atoms with Crippen molar-refractivity contribution in [1.82, 2.24) is 5.32 Å². The summed E-state index contributed by atoms with van der Waals surface area (Å²) in [5.74, 6) is 0.818. The summed E-state index contributed by atoms with van der Waals surface area (Å²) in [5.41, 5.74) is 2.43. The normalized spacial score (nSPS) is 20.8. The van der Waals surface area contributed by atoms with E-state index in [0.29, 0.717) is 5.02 Å². The molecular formula is C13H18ClNO. The van der Waals surface area contributed by atoms with E-state index >= 15 is 0 Å². The number of hydrogen-bond acceptors (Lipinski definition) is 2. The molecular weight excluding hydrogens is 222 g/mol. The summed E-state index contributed by atoms with van der Waals surface area (Å²) in [6.45, 7) is 6.16. The Kier molecular flexibility index (Phi) is 3.72. The van der Waals surface area contributed by atoms with Gasteiger partial charge in [0.2, 0.25) is 0 Å². The Balaban J connectivity index is 2.11. The maximum Gasteiger partial charge on any atom is 0.138 e. The molecule has 1 aliphatic heterocycles. The first-order valence-electron chi connectivity index (χ1n) is 5.81. The summed E-state index contributed by atoms with van der Waals surface area (Å²) >= 11 is 6.18. The van der Waals surface area contributed by atoms with Crippen molar-refractivity contribution in [2.24, 2.45) is 0 Å². The maximum absolute atomic E-state index is 6.18. The summed E-state index contributed by atoms with van der Waals surface area (Å²) in [4.78, 5) is 0. The van der Waals surface area contributed by atoms with Crippen molar-refractivity contribution in [2.45, 2.75) is 32.8 Å². The van der Waals surface area contributed by atoms with Gasteiger partial charge in [-0.15, -0.1) is 0 Å². The first kappa shape index (κ1) is 11.7. The van der Waals surface area contributed by atoms with Crippen LogP contribution in [-0.2, 0) is 0 Å². The van der Waals surface area contributed by atoms with Gasteiger partial charge in [0.25, 0.3) is 0 Å². The van der Waals surface area contributed by atoms with E-state index in [-0.39, 0.29) is 6.10 Å². The molecule has 0 aliphatic carbocycles. The minimum atomic E-state index is 0.258.